The van der Waals surface area contributed by atoms with Crippen molar-refractivity contribution >= 4 is 20.8 Å². The molecule has 0 amide bonds. The molecule has 2 aromatic carbocycles. The highest BCUT2D eigenvalue weighted by atomic mass is 32.2. The molecule has 23 heavy (non-hydrogen) atoms. The molecule has 0 saturated heterocycles. The highest BCUT2D eigenvalue weighted by molar-refractivity contribution is 7.91. The van der Waals surface area contributed by atoms with Crippen LogP contribution in [0.3, 0.4) is 0 Å². The molecule has 0 spiro atoms. The van der Waals surface area contributed by atoms with E-state index in [0.717, 1.165) is 5.56 Å². The van der Waals surface area contributed by atoms with Crippen LogP contribution in [0.1, 0.15) is 5.56 Å². The van der Waals surface area contributed by atoms with Crippen molar-refractivity contribution in [1.29, 1.82) is 0 Å². The Morgan fingerprint density at radius 1 is 1.00 bits per heavy atom. The van der Waals surface area contributed by atoms with Crippen LogP contribution in [0.5, 0.6) is 5.75 Å². The Balaban J connectivity index is 2.21. The average Bonchev–Trinajstić information content (AvgIpc) is 2.53. The number of rotatable bonds is 3. The van der Waals surface area contributed by atoms with Crippen LogP contribution in [0.15, 0.2) is 67.5 Å². The molecular formula is C17H14O5S. The molecule has 3 aromatic rings. The van der Waals surface area contributed by atoms with Gasteiger partial charge in [0.25, 0.3) is 0 Å². The monoisotopic (exact) mass is 330 g/mol. The maximum Gasteiger partial charge on any atom is 0.355 e. The van der Waals surface area contributed by atoms with E-state index < -0.39 is 15.5 Å². The van der Waals surface area contributed by atoms with Crippen LogP contribution in [-0.2, 0) is 9.84 Å². The number of methoxy groups -OCH3 is 1. The number of hydrogen-bond donors (Lipinski definition) is 0. The molecule has 0 aliphatic rings. The van der Waals surface area contributed by atoms with Crippen molar-refractivity contribution in [2.45, 2.75) is 16.7 Å². The van der Waals surface area contributed by atoms with E-state index in [0.29, 0.717) is 11.1 Å². The molecule has 1 aromatic heterocycles. The molecule has 5 nitrogen and oxygen atoms in total. The first-order valence-electron chi connectivity index (χ1n) is 6.85. The summed E-state index contributed by atoms with van der Waals surface area (Å²) in [6.45, 7) is 1.86. The Morgan fingerprint density at radius 2 is 1.70 bits per heavy atom. The van der Waals surface area contributed by atoms with Gasteiger partial charge in [0, 0.05) is 11.5 Å². The third-order valence-electron chi connectivity index (χ3n) is 3.53. The summed E-state index contributed by atoms with van der Waals surface area (Å²) in [6.07, 6.45) is 0. The van der Waals surface area contributed by atoms with Crippen LogP contribution in [0.25, 0.3) is 11.0 Å². The quantitative estimate of drug-likeness (QED) is 0.690. The molecule has 0 unspecified atom stereocenters. The topological polar surface area (TPSA) is 73.6 Å². The van der Waals surface area contributed by atoms with Crippen molar-refractivity contribution in [2.24, 2.45) is 0 Å². The zero-order chi connectivity index (χ0) is 16.6. The van der Waals surface area contributed by atoms with Crippen LogP contribution in [0, 0.1) is 6.92 Å². The SMILES string of the molecule is COc1ccc2cc(S(=O)(=O)c3ccc(C)cc3)c(=O)oc2c1. The summed E-state index contributed by atoms with van der Waals surface area (Å²) in [7, 11) is -2.44. The molecule has 0 radical (unpaired) electrons. The Hall–Kier alpha value is -2.60. The number of fused-ring (bicyclic) bond motifs is 1. The third kappa shape index (κ3) is 2.73. The van der Waals surface area contributed by atoms with Gasteiger partial charge in [-0.05, 0) is 37.3 Å². The first kappa shape index (κ1) is 15.3. The zero-order valence-electron chi connectivity index (χ0n) is 12.6. The van der Waals surface area contributed by atoms with Crippen molar-refractivity contribution in [1.82, 2.24) is 0 Å². The molecule has 3 rings (SSSR count). The van der Waals surface area contributed by atoms with Crippen LogP contribution < -0.4 is 10.4 Å². The molecule has 118 valence electrons. The minimum Gasteiger partial charge on any atom is -0.497 e. The minimum absolute atomic E-state index is 0.0586. The first-order valence-corrected chi connectivity index (χ1v) is 8.34. The van der Waals surface area contributed by atoms with E-state index in [-0.39, 0.29) is 15.4 Å². The van der Waals surface area contributed by atoms with Gasteiger partial charge in [-0.2, -0.15) is 0 Å². The van der Waals surface area contributed by atoms with Gasteiger partial charge in [-0.3, -0.25) is 0 Å². The van der Waals surface area contributed by atoms with E-state index in [1.807, 2.05) is 6.92 Å². The van der Waals surface area contributed by atoms with Gasteiger partial charge in [-0.15, -0.1) is 0 Å². The maximum absolute atomic E-state index is 12.6. The van der Waals surface area contributed by atoms with E-state index in [1.165, 1.54) is 25.3 Å². The van der Waals surface area contributed by atoms with Crippen LogP contribution >= 0.6 is 0 Å². The molecule has 1 heterocycles. The second-order valence-corrected chi connectivity index (χ2v) is 7.04. The van der Waals surface area contributed by atoms with Crippen LogP contribution in [0.2, 0.25) is 0 Å². The molecule has 0 N–H and O–H groups in total. The predicted molar refractivity (Wildman–Crippen MR) is 85.7 cm³/mol. The molecular weight excluding hydrogens is 316 g/mol. The van der Waals surface area contributed by atoms with Crippen LogP contribution in [-0.4, -0.2) is 15.5 Å². The van der Waals surface area contributed by atoms with Gasteiger partial charge in [0.05, 0.1) is 12.0 Å². The van der Waals surface area contributed by atoms with Crippen LogP contribution in [0.4, 0.5) is 0 Å². The summed E-state index contributed by atoms with van der Waals surface area (Å²) in [5, 5.41) is 0.510. The van der Waals surface area contributed by atoms with E-state index in [4.69, 9.17) is 9.15 Å². The summed E-state index contributed by atoms with van der Waals surface area (Å²) in [5.41, 5.74) is 0.310. The number of ether oxygens (including phenoxy) is 1. The van der Waals surface area contributed by atoms with Gasteiger partial charge in [0.2, 0.25) is 9.84 Å². The minimum atomic E-state index is -3.93. The fourth-order valence-electron chi connectivity index (χ4n) is 2.23. The zero-order valence-corrected chi connectivity index (χ0v) is 13.4. The number of aryl methyl sites for hydroxylation is 1. The van der Waals surface area contributed by atoms with E-state index >= 15 is 0 Å². The van der Waals surface area contributed by atoms with E-state index in [9.17, 15) is 13.2 Å². The Labute approximate surface area is 133 Å². The van der Waals surface area contributed by atoms with Crippen molar-refractivity contribution in [3.05, 3.63) is 64.5 Å². The fourth-order valence-corrected chi connectivity index (χ4v) is 3.52. The number of sulfone groups is 1. The summed E-state index contributed by atoms with van der Waals surface area (Å²) >= 11 is 0. The standard InChI is InChI=1S/C17H14O5S/c1-11-3-7-14(8-4-11)23(19,20)16-9-12-5-6-13(21-2)10-15(12)22-17(16)18/h3-10H,1-2H3. The van der Waals surface area contributed by atoms with Crippen molar-refractivity contribution in [3.63, 3.8) is 0 Å². The van der Waals surface area contributed by atoms with Gasteiger partial charge < -0.3 is 9.15 Å². The molecule has 0 bridgehead atoms. The predicted octanol–water partition coefficient (Wildman–Crippen LogP) is 2.94. The van der Waals surface area contributed by atoms with Crippen molar-refractivity contribution in [3.8, 4) is 5.75 Å². The lowest BCUT2D eigenvalue weighted by molar-refractivity contribution is 0.414. The normalized spacial score (nSPS) is 11.6. The molecule has 0 aliphatic carbocycles. The molecule has 6 heteroatoms. The van der Waals surface area contributed by atoms with Gasteiger partial charge in [0.15, 0.2) is 4.90 Å². The fraction of sp³-hybridized carbons (Fsp3) is 0.118. The van der Waals surface area contributed by atoms with E-state index in [2.05, 4.69) is 0 Å². The second kappa shape index (κ2) is 5.55. The first-order chi connectivity index (χ1) is 10.9. The molecule has 0 aliphatic heterocycles. The summed E-state index contributed by atoms with van der Waals surface area (Å²) in [6, 6.07) is 12.5. The lowest BCUT2D eigenvalue weighted by atomic mass is 10.2. The molecule has 0 atom stereocenters. The molecule has 0 saturated carbocycles. The van der Waals surface area contributed by atoms with Gasteiger partial charge in [0.1, 0.15) is 11.3 Å². The summed E-state index contributed by atoms with van der Waals surface area (Å²) in [5.74, 6) is 0.523. The van der Waals surface area contributed by atoms with Crippen molar-refractivity contribution < 1.29 is 17.6 Å². The lowest BCUT2D eigenvalue weighted by Gasteiger charge is -2.06. The number of hydrogen-bond acceptors (Lipinski definition) is 5. The third-order valence-corrected chi connectivity index (χ3v) is 5.29. The van der Waals surface area contributed by atoms with Gasteiger partial charge in [-0.1, -0.05) is 17.7 Å². The second-order valence-electron chi connectivity index (χ2n) is 5.12. The smallest absolute Gasteiger partial charge is 0.355 e. The Morgan fingerprint density at radius 3 is 2.35 bits per heavy atom. The Bertz CT molecular complexity index is 1030. The maximum atomic E-state index is 12.6. The Kier molecular flexibility index (Phi) is 3.69. The highest BCUT2D eigenvalue weighted by Gasteiger charge is 2.23. The van der Waals surface area contributed by atoms with Gasteiger partial charge >= 0.3 is 5.63 Å². The number of benzene rings is 2. The highest BCUT2D eigenvalue weighted by Crippen LogP contribution is 2.24. The summed E-state index contributed by atoms with van der Waals surface area (Å²) < 4.78 is 35.5. The summed E-state index contributed by atoms with van der Waals surface area (Å²) in [4.78, 5) is 11.8. The van der Waals surface area contributed by atoms with E-state index in [1.54, 1.807) is 30.3 Å². The largest absolute Gasteiger partial charge is 0.497 e. The van der Waals surface area contributed by atoms with Gasteiger partial charge in [-0.25, -0.2) is 13.2 Å². The molecule has 0 fully saturated rings. The average molecular weight is 330 g/mol. The lowest BCUT2D eigenvalue weighted by Crippen LogP contribution is -2.14. The van der Waals surface area contributed by atoms with Crippen molar-refractivity contribution in [2.75, 3.05) is 7.11 Å².